The Morgan fingerprint density at radius 3 is 2.55 bits per heavy atom. The van der Waals surface area contributed by atoms with Crippen LogP contribution in [0.15, 0.2) is 24.3 Å². The van der Waals surface area contributed by atoms with Crippen LogP contribution in [0.5, 0.6) is 0 Å². The van der Waals surface area contributed by atoms with Crippen molar-refractivity contribution in [1.29, 1.82) is 0 Å². The van der Waals surface area contributed by atoms with Crippen LogP contribution in [-0.2, 0) is 14.9 Å². The Balaban J connectivity index is 1.62. The Bertz CT molecular complexity index is 923. The number of anilines is 1. The fourth-order valence-corrected chi connectivity index (χ4v) is 3.91. The highest BCUT2D eigenvalue weighted by Gasteiger charge is 2.45. The van der Waals surface area contributed by atoms with Gasteiger partial charge in [-0.05, 0) is 25.5 Å². The first-order chi connectivity index (χ1) is 13.7. The van der Waals surface area contributed by atoms with Gasteiger partial charge in [-0.2, -0.15) is 5.10 Å². The van der Waals surface area contributed by atoms with Crippen LogP contribution in [-0.4, -0.2) is 52.8 Å². The molecule has 2 amide bonds. The van der Waals surface area contributed by atoms with Gasteiger partial charge in [-0.3, -0.25) is 5.32 Å². The molecule has 1 N–H and O–H groups in total. The molecule has 2 aliphatic rings. The van der Waals surface area contributed by atoms with Gasteiger partial charge in [0.1, 0.15) is 5.82 Å². The number of carbonyl (C=O) groups is 1. The molecule has 4 rings (SSSR count). The summed E-state index contributed by atoms with van der Waals surface area (Å²) in [5.41, 5.74) is 4.05. The summed E-state index contributed by atoms with van der Waals surface area (Å²) in [5.74, 6) is 0.0444. The summed E-state index contributed by atoms with van der Waals surface area (Å²) in [7, 11) is 0. The Morgan fingerprint density at radius 2 is 1.90 bits per heavy atom. The summed E-state index contributed by atoms with van der Waals surface area (Å²) in [5, 5.41) is 7.89. The van der Waals surface area contributed by atoms with Gasteiger partial charge < -0.3 is 14.4 Å². The average molecular weight is 399 g/mol. The Morgan fingerprint density at radius 1 is 1.17 bits per heavy atom. The second-order valence-corrected chi connectivity index (χ2v) is 9.08. The normalized spacial score (nSPS) is 18.6. The van der Waals surface area contributed by atoms with Crippen molar-refractivity contribution in [3.8, 4) is 5.69 Å². The van der Waals surface area contributed by atoms with Gasteiger partial charge in [0, 0.05) is 24.4 Å². The first kappa shape index (κ1) is 19.9. The van der Waals surface area contributed by atoms with Crippen LogP contribution < -0.4 is 5.32 Å². The number of nitrogens with zero attached hydrogens (tertiary/aromatic N) is 3. The van der Waals surface area contributed by atoms with E-state index in [4.69, 9.17) is 14.6 Å². The molecule has 0 radical (unpaired) electrons. The van der Waals surface area contributed by atoms with Crippen LogP contribution in [0.25, 0.3) is 5.69 Å². The number of ether oxygens (including phenoxy) is 2. The molecule has 0 unspecified atom stereocenters. The van der Waals surface area contributed by atoms with Crippen LogP contribution in [0.1, 0.15) is 44.0 Å². The van der Waals surface area contributed by atoms with Crippen molar-refractivity contribution in [2.45, 2.75) is 52.2 Å². The molecule has 0 aliphatic carbocycles. The van der Waals surface area contributed by atoms with E-state index in [9.17, 15) is 4.79 Å². The minimum atomic E-state index is -0.623. The number of hydrogen-bond acceptors (Lipinski definition) is 4. The Labute approximate surface area is 172 Å². The molecule has 0 saturated carbocycles. The molecular weight excluding hydrogens is 368 g/mol. The van der Waals surface area contributed by atoms with Crippen molar-refractivity contribution < 1.29 is 14.3 Å². The lowest BCUT2D eigenvalue weighted by Gasteiger charge is -2.22. The fourth-order valence-electron chi connectivity index (χ4n) is 3.91. The van der Waals surface area contributed by atoms with E-state index in [0.29, 0.717) is 38.5 Å². The van der Waals surface area contributed by atoms with Gasteiger partial charge in [0.15, 0.2) is 5.79 Å². The molecule has 2 fully saturated rings. The molecule has 3 heterocycles. The van der Waals surface area contributed by atoms with Crippen LogP contribution in [0.2, 0.25) is 0 Å². The monoisotopic (exact) mass is 398 g/mol. The van der Waals surface area contributed by atoms with Crippen molar-refractivity contribution in [3.05, 3.63) is 41.1 Å². The minimum Gasteiger partial charge on any atom is -0.346 e. The molecule has 2 aromatic rings. The maximum absolute atomic E-state index is 13.0. The van der Waals surface area contributed by atoms with Gasteiger partial charge in [-0.25, -0.2) is 9.48 Å². The largest absolute Gasteiger partial charge is 0.346 e. The third-order valence-electron chi connectivity index (χ3n) is 5.59. The first-order valence-corrected chi connectivity index (χ1v) is 10.2. The van der Waals surface area contributed by atoms with Crippen molar-refractivity contribution in [2.24, 2.45) is 0 Å². The number of aromatic nitrogens is 2. The van der Waals surface area contributed by atoms with E-state index in [1.54, 1.807) is 4.90 Å². The molecule has 1 spiro atoms. The number of likely N-dealkylation sites (tertiary alicyclic amines) is 1. The van der Waals surface area contributed by atoms with E-state index in [-0.39, 0.29) is 11.4 Å². The standard InChI is InChI=1S/C22H30N4O3/c1-15-6-7-17(16(2)12-15)26-19(13-18(24-26)21(3,4)5)23-20(27)25-9-8-22(14-25)28-10-11-29-22/h6-7,12-13H,8-11,14H2,1-5H3,(H,23,27). The highest BCUT2D eigenvalue weighted by Crippen LogP contribution is 2.32. The van der Waals surface area contributed by atoms with Crippen molar-refractivity contribution in [1.82, 2.24) is 14.7 Å². The molecule has 7 nitrogen and oxygen atoms in total. The number of benzene rings is 1. The highest BCUT2D eigenvalue weighted by molar-refractivity contribution is 5.89. The quantitative estimate of drug-likeness (QED) is 0.836. The molecule has 156 valence electrons. The molecular formula is C22H30N4O3. The van der Waals surface area contributed by atoms with Crippen molar-refractivity contribution >= 4 is 11.8 Å². The number of hydrogen-bond donors (Lipinski definition) is 1. The van der Waals surface area contributed by atoms with Gasteiger partial charge >= 0.3 is 6.03 Å². The zero-order chi connectivity index (χ0) is 20.8. The Hall–Kier alpha value is -2.38. The number of amides is 2. The molecule has 1 aromatic heterocycles. The van der Waals surface area contributed by atoms with E-state index >= 15 is 0 Å². The predicted molar refractivity (Wildman–Crippen MR) is 112 cm³/mol. The van der Waals surface area contributed by atoms with Crippen LogP contribution in [0, 0.1) is 13.8 Å². The number of carbonyl (C=O) groups excluding carboxylic acids is 1. The summed E-state index contributed by atoms with van der Waals surface area (Å²) in [4.78, 5) is 14.8. The molecule has 1 aromatic carbocycles. The summed E-state index contributed by atoms with van der Waals surface area (Å²) in [6, 6.07) is 8.03. The maximum Gasteiger partial charge on any atom is 0.323 e. The Kier molecular flexibility index (Phi) is 4.91. The van der Waals surface area contributed by atoms with Gasteiger partial charge in [-0.15, -0.1) is 0 Å². The summed E-state index contributed by atoms with van der Waals surface area (Å²) in [6.07, 6.45) is 0.698. The zero-order valence-electron chi connectivity index (χ0n) is 17.9. The first-order valence-electron chi connectivity index (χ1n) is 10.2. The molecule has 29 heavy (non-hydrogen) atoms. The summed E-state index contributed by atoms with van der Waals surface area (Å²) in [6.45, 7) is 12.7. The topological polar surface area (TPSA) is 68.6 Å². The molecule has 2 aliphatic heterocycles. The average Bonchev–Trinajstić information content (AvgIpc) is 3.36. The molecule has 0 atom stereocenters. The third-order valence-corrected chi connectivity index (χ3v) is 5.59. The second-order valence-electron chi connectivity index (χ2n) is 9.08. The predicted octanol–water partition coefficient (Wildman–Crippen LogP) is 3.77. The lowest BCUT2D eigenvalue weighted by molar-refractivity contribution is -0.143. The van der Waals surface area contributed by atoms with Crippen LogP contribution in [0.3, 0.4) is 0 Å². The SMILES string of the molecule is Cc1ccc(-n2nc(C(C)(C)C)cc2NC(=O)N2CCC3(C2)OCCO3)c(C)c1. The van der Waals surface area contributed by atoms with Gasteiger partial charge in [0.25, 0.3) is 0 Å². The summed E-state index contributed by atoms with van der Waals surface area (Å²) >= 11 is 0. The van der Waals surface area contributed by atoms with Crippen molar-refractivity contribution in [2.75, 3.05) is 31.6 Å². The molecule has 7 heteroatoms. The number of urea groups is 1. The van der Waals surface area contributed by atoms with Crippen LogP contribution in [0.4, 0.5) is 10.6 Å². The fraction of sp³-hybridized carbons (Fsp3) is 0.545. The number of rotatable bonds is 2. The van der Waals surface area contributed by atoms with Gasteiger partial charge in [-0.1, -0.05) is 38.5 Å². The number of nitrogens with one attached hydrogen (secondary N) is 1. The van der Waals surface area contributed by atoms with Gasteiger partial charge in [0.05, 0.1) is 31.1 Å². The molecule has 2 saturated heterocycles. The minimum absolute atomic E-state index is 0.132. The lowest BCUT2D eigenvalue weighted by atomic mass is 9.92. The summed E-state index contributed by atoms with van der Waals surface area (Å²) < 4.78 is 13.3. The van der Waals surface area contributed by atoms with Crippen molar-refractivity contribution in [3.63, 3.8) is 0 Å². The number of aryl methyl sites for hydroxylation is 2. The molecule has 0 bridgehead atoms. The van der Waals surface area contributed by atoms with E-state index in [2.05, 4.69) is 52.1 Å². The van der Waals surface area contributed by atoms with E-state index in [1.807, 2.05) is 16.8 Å². The zero-order valence-corrected chi connectivity index (χ0v) is 17.9. The maximum atomic E-state index is 13.0. The van der Waals surface area contributed by atoms with Gasteiger partial charge in [0.2, 0.25) is 0 Å². The third kappa shape index (κ3) is 3.89. The smallest absolute Gasteiger partial charge is 0.323 e. The lowest BCUT2D eigenvalue weighted by Crippen LogP contribution is -2.39. The van der Waals surface area contributed by atoms with E-state index in [1.165, 1.54) is 5.56 Å². The van der Waals surface area contributed by atoms with E-state index < -0.39 is 5.79 Å². The second kappa shape index (κ2) is 7.15. The van der Waals surface area contributed by atoms with E-state index in [0.717, 1.165) is 16.9 Å². The highest BCUT2D eigenvalue weighted by atomic mass is 16.7. The van der Waals surface area contributed by atoms with Crippen LogP contribution >= 0.6 is 0 Å².